The second-order valence-corrected chi connectivity index (χ2v) is 14.8. The molecule has 0 aliphatic heterocycles. The predicted octanol–water partition coefficient (Wildman–Crippen LogP) is 14.3. The lowest BCUT2D eigenvalue weighted by molar-refractivity contribution is 0.669. The molecule has 0 bridgehead atoms. The summed E-state index contributed by atoms with van der Waals surface area (Å²) in [6, 6.07) is 71.0. The maximum Gasteiger partial charge on any atom is 0.136 e. The predicted molar refractivity (Wildman–Crippen MR) is 229 cm³/mol. The number of hydrogen-bond acceptors (Lipinski definition) is 1. The SMILES string of the molecule is c1ccc(-n2c3ccccc3c3ccc(-c4ccc5c(c4)-c4ccccc4C5c4ccc(-c5cccc6oc7ccccc7c56)c5ccccc45)cc32)cc1. The summed E-state index contributed by atoms with van der Waals surface area (Å²) < 4.78 is 8.71. The number of nitrogens with zero attached hydrogens (tertiary/aromatic N) is 1. The zero-order valence-corrected chi connectivity index (χ0v) is 29.9. The van der Waals surface area contributed by atoms with Gasteiger partial charge in [-0.2, -0.15) is 0 Å². The zero-order valence-electron chi connectivity index (χ0n) is 29.9. The molecule has 0 saturated heterocycles. The number of hydrogen-bond donors (Lipinski definition) is 0. The Morgan fingerprint density at radius 3 is 1.89 bits per heavy atom. The first-order valence-corrected chi connectivity index (χ1v) is 19.0. The summed E-state index contributed by atoms with van der Waals surface area (Å²) in [5, 5.41) is 7.39. The van der Waals surface area contributed by atoms with E-state index in [0.717, 1.165) is 16.6 Å². The number of para-hydroxylation sites is 3. The third kappa shape index (κ3) is 4.43. The molecule has 1 aliphatic carbocycles. The van der Waals surface area contributed by atoms with E-state index in [0.29, 0.717) is 0 Å². The van der Waals surface area contributed by atoms with Gasteiger partial charge in [-0.15, -0.1) is 0 Å². The summed E-state index contributed by atoms with van der Waals surface area (Å²) >= 11 is 0. The van der Waals surface area contributed by atoms with Crippen LogP contribution < -0.4 is 0 Å². The van der Waals surface area contributed by atoms with E-state index in [1.807, 2.05) is 6.07 Å². The van der Waals surface area contributed by atoms with Crippen molar-refractivity contribution in [2.75, 3.05) is 0 Å². The lowest BCUT2D eigenvalue weighted by Crippen LogP contribution is -2.01. The van der Waals surface area contributed by atoms with E-state index in [-0.39, 0.29) is 5.92 Å². The van der Waals surface area contributed by atoms with Crippen LogP contribution in [0.5, 0.6) is 0 Å². The van der Waals surface area contributed by atoms with Gasteiger partial charge in [0.05, 0.1) is 11.0 Å². The van der Waals surface area contributed by atoms with E-state index in [2.05, 4.69) is 193 Å². The quantitative estimate of drug-likeness (QED) is 0.179. The first-order chi connectivity index (χ1) is 27.3. The van der Waals surface area contributed by atoms with E-state index in [1.165, 1.54) is 93.7 Å². The fraction of sp³-hybridized carbons (Fsp3) is 0.0189. The van der Waals surface area contributed by atoms with Crippen LogP contribution in [0.2, 0.25) is 0 Å². The van der Waals surface area contributed by atoms with Crippen LogP contribution in [-0.2, 0) is 0 Å². The summed E-state index contributed by atoms with van der Waals surface area (Å²) in [6.45, 7) is 0. The molecule has 12 rings (SSSR count). The summed E-state index contributed by atoms with van der Waals surface area (Å²) in [5.74, 6) is 0.118. The van der Waals surface area contributed by atoms with Gasteiger partial charge >= 0.3 is 0 Å². The van der Waals surface area contributed by atoms with Gasteiger partial charge in [0, 0.05) is 33.2 Å². The van der Waals surface area contributed by atoms with Crippen LogP contribution in [0.4, 0.5) is 0 Å². The molecule has 0 amide bonds. The average molecular weight is 700 g/mol. The van der Waals surface area contributed by atoms with Crippen LogP contribution >= 0.6 is 0 Å². The number of benzene rings is 9. The molecule has 256 valence electrons. The van der Waals surface area contributed by atoms with Crippen LogP contribution in [0.25, 0.3) is 93.6 Å². The fourth-order valence-electron chi connectivity index (χ4n) is 9.53. The molecule has 2 heteroatoms. The maximum absolute atomic E-state index is 6.31. The van der Waals surface area contributed by atoms with Crippen molar-refractivity contribution in [3.05, 3.63) is 211 Å². The topological polar surface area (TPSA) is 18.1 Å². The Morgan fingerprint density at radius 1 is 0.345 bits per heavy atom. The molecular weight excluding hydrogens is 667 g/mol. The lowest BCUT2D eigenvalue weighted by atomic mass is 9.83. The Hall–Kier alpha value is -7.16. The molecule has 2 aromatic heterocycles. The minimum absolute atomic E-state index is 0.118. The number of aromatic nitrogens is 1. The van der Waals surface area contributed by atoms with E-state index in [9.17, 15) is 0 Å². The van der Waals surface area contributed by atoms with Gasteiger partial charge < -0.3 is 8.98 Å². The van der Waals surface area contributed by atoms with E-state index >= 15 is 0 Å². The van der Waals surface area contributed by atoms with Crippen molar-refractivity contribution >= 4 is 54.5 Å². The molecule has 1 aliphatic rings. The van der Waals surface area contributed by atoms with Crippen LogP contribution in [0.1, 0.15) is 22.6 Å². The molecule has 0 radical (unpaired) electrons. The van der Waals surface area contributed by atoms with Crippen molar-refractivity contribution in [1.29, 1.82) is 0 Å². The van der Waals surface area contributed by atoms with Crippen LogP contribution in [0, 0.1) is 0 Å². The summed E-state index contributed by atoms with van der Waals surface area (Å²) in [7, 11) is 0. The van der Waals surface area contributed by atoms with Gasteiger partial charge in [-0.3, -0.25) is 0 Å². The first-order valence-electron chi connectivity index (χ1n) is 19.0. The molecule has 0 saturated carbocycles. The smallest absolute Gasteiger partial charge is 0.136 e. The molecule has 2 heterocycles. The number of fused-ring (bicyclic) bond motifs is 10. The monoisotopic (exact) mass is 699 g/mol. The Labute approximate surface area is 318 Å². The van der Waals surface area contributed by atoms with Gasteiger partial charge in [-0.05, 0) is 103 Å². The minimum atomic E-state index is 0.118. The third-order valence-electron chi connectivity index (χ3n) is 11.9. The summed E-state index contributed by atoms with van der Waals surface area (Å²) in [6.07, 6.45) is 0. The highest BCUT2D eigenvalue weighted by atomic mass is 16.3. The third-order valence-corrected chi connectivity index (χ3v) is 11.9. The van der Waals surface area contributed by atoms with E-state index < -0.39 is 0 Å². The van der Waals surface area contributed by atoms with Gasteiger partial charge in [0.2, 0.25) is 0 Å². The highest BCUT2D eigenvalue weighted by molar-refractivity contribution is 6.16. The zero-order chi connectivity index (χ0) is 36.0. The molecule has 9 aromatic carbocycles. The number of rotatable bonds is 4. The molecule has 0 spiro atoms. The average Bonchev–Trinajstić information content (AvgIpc) is 3.91. The van der Waals surface area contributed by atoms with Gasteiger partial charge in [0.1, 0.15) is 11.2 Å². The van der Waals surface area contributed by atoms with Crippen molar-refractivity contribution in [2.24, 2.45) is 0 Å². The second-order valence-electron chi connectivity index (χ2n) is 14.8. The minimum Gasteiger partial charge on any atom is -0.456 e. The standard InChI is InChI=1S/C53H33NO/c1-2-13-35(14-3-1)54-48-22-10-8-18-40(48)41-27-25-34(32-49(41)54)33-26-28-45-47(31-33)38-17-6-7-19-42(38)52(45)44-30-29-39(36-15-4-5-16-37(36)44)43-21-12-24-51-53(43)46-20-9-11-23-50(46)55-51/h1-32,52H. The Bertz CT molecular complexity index is 3330. The van der Waals surface area contributed by atoms with Gasteiger partial charge in [-0.25, -0.2) is 0 Å². The highest BCUT2D eigenvalue weighted by Crippen LogP contribution is 2.51. The maximum atomic E-state index is 6.31. The van der Waals surface area contributed by atoms with Crippen LogP contribution in [-0.4, -0.2) is 4.57 Å². The molecule has 0 fully saturated rings. The Morgan fingerprint density at radius 2 is 0.982 bits per heavy atom. The van der Waals surface area contributed by atoms with Gasteiger partial charge in [-0.1, -0.05) is 152 Å². The van der Waals surface area contributed by atoms with E-state index in [4.69, 9.17) is 4.42 Å². The molecule has 2 nitrogen and oxygen atoms in total. The van der Waals surface area contributed by atoms with Gasteiger partial charge in [0.15, 0.2) is 0 Å². The summed E-state index contributed by atoms with van der Waals surface area (Å²) in [5.41, 5.74) is 17.0. The molecule has 1 atom stereocenters. The molecule has 55 heavy (non-hydrogen) atoms. The van der Waals surface area contributed by atoms with Crippen molar-refractivity contribution < 1.29 is 4.42 Å². The second kappa shape index (κ2) is 11.7. The Balaban J connectivity index is 1.02. The molecule has 11 aromatic rings. The normalized spacial score (nSPS) is 13.6. The Kier molecular flexibility index (Phi) is 6.43. The molecule has 0 N–H and O–H groups in total. The first kappa shape index (κ1) is 30.3. The van der Waals surface area contributed by atoms with Crippen molar-refractivity contribution in [3.8, 4) is 39.1 Å². The summed E-state index contributed by atoms with van der Waals surface area (Å²) in [4.78, 5) is 0. The molecular formula is C53H33NO. The lowest BCUT2D eigenvalue weighted by Gasteiger charge is -2.19. The highest BCUT2D eigenvalue weighted by Gasteiger charge is 2.31. The van der Waals surface area contributed by atoms with Gasteiger partial charge in [0.25, 0.3) is 0 Å². The van der Waals surface area contributed by atoms with Crippen LogP contribution in [0.15, 0.2) is 199 Å². The molecule has 1 unspecified atom stereocenters. The number of furan rings is 1. The van der Waals surface area contributed by atoms with Crippen molar-refractivity contribution in [1.82, 2.24) is 4.57 Å². The van der Waals surface area contributed by atoms with E-state index in [1.54, 1.807) is 0 Å². The fourth-order valence-corrected chi connectivity index (χ4v) is 9.53. The van der Waals surface area contributed by atoms with Crippen LogP contribution in [0.3, 0.4) is 0 Å². The van der Waals surface area contributed by atoms with Crippen molar-refractivity contribution in [2.45, 2.75) is 5.92 Å². The van der Waals surface area contributed by atoms with Crippen molar-refractivity contribution in [3.63, 3.8) is 0 Å². The largest absolute Gasteiger partial charge is 0.456 e.